The van der Waals surface area contributed by atoms with E-state index in [0.29, 0.717) is 9.09 Å². The summed E-state index contributed by atoms with van der Waals surface area (Å²) in [6.45, 7) is 0. The number of carboxylic acids is 1. The molecule has 0 saturated heterocycles. The zero-order valence-corrected chi connectivity index (χ0v) is 18.8. The maximum Gasteiger partial charge on any atom is 0.490 e. The number of alkyl halides is 3. The molecule has 0 amide bonds. The Balaban J connectivity index is 0.000000451. The van der Waals surface area contributed by atoms with Crippen molar-refractivity contribution in [3.05, 3.63) is 65.5 Å². The van der Waals surface area contributed by atoms with E-state index in [-0.39, 0.29) is 15.6 Å². The normalized spacial score (nSPS) is 11.4. The molecule has 0 spiro atoms. The summed E-state index contributed by atoms with van der Waals surface area (Å²) in [7, 11) is -3.69. The maximum absolute atomic E-state index is 13.1. The third-order valence-corrected chi connectivity index (χ3v) is 8.24. The first-order chi connectivity index (χ1) is 14.9. The first kappa shape index (κ1) is 25.4. The number of carbonyl (C=O) groups is 1. The molecule has 0 saturated carbocycles. The van der Waals surface area contributed by atoms with Gasteiger partial charge in [0.15, 0.2) is 0 Å². The summed E-state index contributed by atoms with van der Waals surface area (Å²) in [6.07, 6.45) is -3.27. The molecule has 32 heavy (non-hydrogen) atoms. The lowest BCUT2D eigenvalue weighted by molar-refractivity contribution is -0.192. The Morgan fingerprint density at radius 1 is 1.06 bits per heavy atom. The van der Waals surface area contributed by atoms with Gasteiger partial charge < -0.3 is 10.8 Å². The molecule has 6 nitrogen and oxygen atoms in total. The van der Waals surface area contributed by atoms with Crippen LogP contribution < -0.4 is 5.73 Å². The van der Waals surface area contributed by atoms with Gasteiger partial charge in [-0.2, -0.15) is 13.2 Å². The fourth-order valence-corrected chi connectivity index (χ4v) is 6.32. The Hall–Kier alpha value is -2.83. The van der Waals surface area contributed by atoms with Crippen LogP contribution in [0.4, 0.5) is 13.2 Å². The van der Waals surface area contributed by atoms with Crippen LogP contribution in [-0.4, -0.2) is 37.8 Å². The van der Waals surface area contributed by atoms with Crippen LogP contribution in [-0.2, 0) is 14.6 Å². The van der Waals surface area contributed by atoms with Crippen molar-refractivity contribution < 1.29 is 31.5 Å². The quantitative estimate of drug-likeness (QED) is 0.260. The van der Waals surface area contributed by atoms with E-state index in [1.165, 1.54) is 29.2 Å². The number of thiophene rings is 1. The van der Waals surface area contributed by atoms with Crippen molar-refractivity contribution in [1.82, 2.24) is 0 Å². The molecule has 4 N–H and O–H groups in total. The number of amidine groups is 1. The second-order valence-electron chi connectivity index (χ2n) is 6.08. The average Bonchev–Trinajstić information content (AvgIpc) is 3.20. The van der Waals surface area contributed by atoms with Crippen molar-refractivity contribution in [3.8, 4) is 11.1 Å². The number of nitrogens with one attached hydrogen (secondary N) is 1. The number of carboxylic acid groups (broad SMARTS) is 1. The van der Waals surface area contributed by atoms with Crippen molar-refractivity contribution >= 4 is 44.7 Å². The van der Waals surface area contributed by atoms with Gasteiger partial charge in [0, 0.05) is 0 Å². The SMILES string of the molecule is CSc1sc(C(=N)N)cc1S(=O)(=O)c1cccc(-c2ccccc2)c1.O=C(O)C(F)(F)F. The van der Waals surface area contributed by atoms with E-state index < -0.39 is 22.0 Å². The van der Waals surface area contributed by atoms with E-state index in [2.05, 4.69) is 0 Å². The number of benzene rings is 2. The van der Waals surface area contributed by atoms with Crippen LogP contribution in [0.3, 0.4) is 0 Å². The van der Waals surface area contributed by atoms with Crippen molar-refractivity contribution in [2.45, 2.75) is 20.2 Å². The lowest BCUT2D eigenvalue weighted by Crippen LogP contribution is -2.21. The molecule has 0 aliphatic carbocycles. The predicted molar refractivity (Wildman–Crippen MR) is 118 cm³/mol. The standard InChI is InChI=1S/C18H16N2O2S3.C2HF3O2/c1-23-18-16(11-15(24-18)17(19)20)25(21,22)14-9-5-8-13(10-14)12-6-3-2-4-7-12;3-2(4,5)1(6)7/h2-11H,1H3,(H3,19,20);(H,6,7). The smallest absolute Gasteiger partial charge is 0.475 e. The summed E-state index contributed by atoms with van der Waals surface area (Å²) in [6, 6.07) is 18.0. The Bertz CT molecular complexity index is 1220. The molecule has 2 aromatic carbocycles. The van der Waals surface area contributed by atoms with Crippen LogP contribution in [0.5, 0.6) is 0 Å². The molecule has 1 heterocycles. The summed E-state index contributed by atoms with van der Waals surface area (Å²) in [5.74, 6) is -2.88. The minimum Gasteiger partial charge on any atom is -0.475 e. The molecule has 0 aliphatic rings. The number of aliphatic carboxylic acids is 1. The second kappa shape index (κ2) is 10.2. The van der Waals surface area contributed by atoms with E-state index in [0.717, 1.165) is 11.1 Å². The molecule has 0 unspecified atom stereocenters. The fourth-order valence-electron chi connectivity index (χ4n) is 2.42. The van der Waals surface area contributed by atoms with Gasteiger partial charge in [0.2, 0.25) is 9.84 Å². The molecule has 12 heteroatoms. The Morgan fingerprint density at radius 2 is 1.62 bits per heavy atom. The van der Waals surface area contributed by atoms with Gasteiger partial charge in [-0.05, 0) is 35.6 Å². The van der Waals surface area contributed by atoms with Crippen LogP contribution in [0, 0.1) is 5.41 Å². The molecule has 0 radical (unpaired) electrons. The van der Waals surface area contributed by atoms with Gasteiger partial charge in [-0.25, -0.2) is 13.2 Å². The minimum atomic E-state index is -5.08. The molecule has 0 aliphatic heterocycles. The molecule has 170 valence electrons. The zero-order valence-electron chi connectivity index (χ0n) is 16.4. The average molecular weight is 503 g/mol. The number of nitrogens with two attached hydrogens (primary N) is 1. The van der Waals surface area contributed by atoms with Gasteiger partial charge in [0.25, 0.3) is 0 Å². The number of thioether (sulfide) groups is 1. The highest BCUT2D eigenvalue weighted by molar-refractivity contribution is 8.01. The van der Waals surface area contributed by atoms with E-state index in [9.17, 15) is 21.6 Å². The Morgan fingerprint density at radius 3 is 2.12 bits per heavy atom. The van der Waals surface area contributed by atoms with E-state index in [4.69, 9.17) is 21.0 Å². The van der Waals surface area contributed by atoms with Crippen molar-refractivity contribution in [1.29, 1.82) is 5.41 Å². The third kappa shape index (κ3) is 6.11. The Labute approximate surface area is 190 Å². The number of hydrogen-bond acceptors (Lipinski definition) is 6. The predicted octanol–water partition coefficient (Wildman–Crippen LogP) is 4.89. The zero-order chi connectivity index (χ0) is 24.1. The number of rotatable bonds is 5. The van der Waals surface area contributed by atoms with E-state index >= 15 is 0 Å². The lowest BCUT2D eigenvalue weighted by atomic mass is 10.1. The largest absolute Gasteiger partial charge is 0.490 e. The summed E-state index contributed by atoms with van der Waals surface area (Å²) in [5, 5.41) is 14.7. The number of halogens is 3. The molecular formula is C20H17F3N2O4S3. The molecule has 0 fully saturated rings. The van der Waals surface area contributed by atoms with E-state index in [1.54, 1.807) is 18.2 Å². The van der Waals surface area contributed by atoms with Crippen LogP contribution >= 0.6 is 23.1 Å². The highest BCUT2D eigenvalue weighted by Gasteiger charge is 2.38. The lowest BCUT2D eigenvalue weighted by Gasteiger charge is -2.07. The Kier molecular flexibility index (Phi) is 8.10. The van der Waals surface area contributed by atoms with Gasteiger partial charge in [0.1, 0.15) is 5.84 Å². The molecule has 3 aromatic rings. The molecular weight excluding hydrogens is 485 g/mol. The van der Waals surface area contributed by atoms with Crippen LogP contribution in [0.15, 0.2) is 74.7 Å². The maximum atomic E-state index is 13.1. The van der Waals surface area contributed by atoms with Gasteiger partial charge in [-0.3, -0.25) is 5.41 Å². The highest BCUT2D eigenvalue weighted by atomic mass is 32.2. The summed E-state index contributed by atoms with van der Waals surface area (Å²) < 4.78 is 58.6. The monoisotopic (exact) mass is 502 g/mol. The van der Waals surface area contributed by atoms with Crippen LogP contribution in [0.2, 0.25) is 0 Å². The molecule has 1 aromatic heterocycles. The van der Waals surface area contributed by atoms with Crippen LogP contribution in [0.1, 0.15) is 4.88 Å². The van der Waals surface area contributed by atoms with Crippen LogP contribution in [0.25, 0.3) is 11.1 Å². The summed E-state index contributed by atoms with van der Waals surface area (Å²) >= 11 is 2.57. The van der Waals surface area contributed by atoms with E-state index in [1.807, 2.05) is 42.7 Å². The second-order valence-corrected chi connectivity index (χ2v) is 10.1. The first-order valence-electron chi connectivity index (χ1n) is 8.60. The third-order valence-electron chi connectivity index (χ3n) is 3.90. The summed E-state index contributed by atoms with van der Waals surface area (Å²) in [5.41, 5.74) is 7.32. The summed E-state index contributed by atoms with van der Waals surface area (Å²) in [4.78, 5) is 9.80. The number of sulfone groups is 1. The number of nitrogen functional groups attached to an aromatic ring is 1. The van der Waals surface area contributed by atoms with Crippen molar-refractivity contribution in [2.75, 3.05) is 6.26 Å². The van der Waals surface area contributed by atoms with Gasteiger partial charge in [-0.1, -0.05) is 42.5 Å². The fraction of sp³-hybridized carbons (Fsp3) is 0.100. The minimum absolute atomic E-state index is 0.125. The van der Waals surface area contributed by atoms with Gasteiger partial charge in [0.05, 0.1) is 18.9 Å². The topological polar surface area (TPSA) is 121 Å². The molecule has 0 atom stereocenters. The highest BCUT2D eigenvalue weighted by Crippen LogP contribution is 2.37. The van der Waals surface area contributed by atoms with Gasteiger partial charge >= 0.3 is 12.1 Å². The van der Waals surface area contributed by atoms with Crippen molar-refractivity contribution in [3.63, 3.8) is 0 Å². The van der Waals surface area contributed by atoms with Gasteiger partial charge in [-0.15, -0.1) is 23.1 Å². The van der Waals surface area contributed by atoms with Crippen molar-refractivity contribution in [2.24, 2.45) is 5.73 Å². The molecule has 0 bridgehead atoms. The first-order valence-corrected chi connectivity index (χ1v) is 12.1. The molecule has 3 rings (SSSR count). The number of hydrogen-bond donors (Lipinski definition) is 3.